The largest absolute Gasteiger partial charge is 0.314 e. The van der Waals surface area contributed by atoms with Crippen LogP contribution in [0.3, 0.4) is 0 Å². The van der Waals surface area contributed by atoms with Crippen molar-refractivity contribution in [2.75, 3.05) is 0 Å². The summed E-state index contributed by atoms with van der Waals surface area (Å²) in [5.74, 6) is -0.313. The van der Waals surface area contributed by atoms with Gasteiger partial charge in [-0.2, -0.15) is 0 Å². The van der Waals surface area contributed by atoms with Crippen LogP contribution in [-0.2, 0) is 11.8 Å². The van der Waals surface area contributed by atoms with Crippen molar-refractivity contribution in [3.63, 3.8) is 0 Å². The Morgan fingerprint density at radius 2 is 1.81 bits per heavy atom. The number of pyridine rings is 1. The monoisotopic (exact) mass is 359 g/mol. The summed E-state index contributed by atoms with van der Waals surface area (Å²) < 4.78 is 1.66. The third-order valence-electron chi connectivity index (χ3n) is 5.15. The summed E-state index contributed by atoms with van der Waals surface area (Å²) in [5, 5.41) is 1.58. The topological polar surface area (TPSA) is 39.1 Å². The van der Waals surface area contributed by atoms with Crippen LogP contribution in [-0.4, -0.2) is 10.9 Å². The Hall–Kier alpha value is -2.94. The average Bonchev–Trinajstić information content (AvgIpc) is 2.69. The molecule has 0 N–H and O–H groups in total. The van der Waals surface area contributed by atoms with E-state index in [1.165, 1.54) is 0 Å². The molecule has 0 aliphatic rings. The lowest BCUT2D eigenvalue weighted by molar-refractivity contribution is -0.109. The maximum atomic E-state index is 13.0. The molecule has 0 amide bonds. The standard InChI is InChI=1S/C24H25NO2/c1-5-7-19(15-26)23-22(18-11-9-17(6-2)10-12-18)21-14-16(3)8-13-20(21)24(27)25(23)4/h6,8-15,19H,2,5,7H2,1,3-4H3. The lowest BCUT2D eigenvalue weighted by Crippen LogP contribution is -2.24. The predicted molar refractivity (Wildman–Crippen MR) is 113 cm³/mol. The van der Waals surface area contributed by atoms with Crippen molar-refractivity contribution >= 4 is 23.1 Å². The van der Waals surface area contributed by atoms with Gasteiger partial charge in [-0.1, -0.05) is 68.0 Å². The summed E-state index contributed by atoms with van der Waals surface area (Å²) in [6.07, 6.45) is 4.37. The van der Waals surface area contributed by atoms with E-state index in [2.05, 4.69) is 13.5 Å². The van der Waals surface area contributed by atoms with Gasteiger partial charge in [0.1, 0.15) is 6.29 Å². The number of benzene rings is 2. The quantitative estimate of drug-likeness (QED) is 0.565. The van der Waals surface area contributed by atoms with Crippen LogP contribution in [0.25, 0.3) is 28.0 Å². The van der Waals surface area contributed by atoms with Gasteiger partial charge in [0.05, 0.1) is 5.92 Å². The zero-order valence-corrected chi connectivity index (χ0v) is 16.2. The number of rotatable bonds is 6. The lowest BCUT2D eigenvalue weighted by atomic mass is 9.88. The molecule has 3 nitrogen and oxygen atoms in total. The highest BCUT2D eigenvalue weighted by Crippen LogP contribution is 2.36. The summed E-state index contributed by atoms with van der Waals surface area (Å²) in [4.78, 5) is 24.9. The molecule has 138 valence electrons. The summed E-state index contributed by atoms with van der Waals surface area (Å²) in [6, 6.07) is 14.0. The number of fused-ring (bicyclic) bond motifs is 1. The highest BCUT2D eigenvalue weighted by atomic mass is 16.1. The van der Waals surface area contributed by atoms with Gasteiger partial charge in [0.2, 0.25) is 0 Å². The summed E-state index contributed by atoms with van der Waals surface area (Å²) in [5.41, 5.74) is 4.83. The number of aromatic nitrogens is 1. The number of aldehydes is 1. The van der Waals surface area contributed by atoms with E-state index in [-0.39, 0.29) is 11.5 Å². The molecule has 1 aromatic heterocycles. The number of nitrogens with zero attached hydrogens (tertiary/aromatic N) is 1. The minimum atomic E-state index is -0.313. The molecule has 0 saturated heterocycles. The number of hydrogen-bond acceptors (Lipinski definition) is 2. The van der Waals surface area contributed by atoms with Crippen LogP contribution in [0.2, 0.25) is 0 Å². The van der Waals surface area contributed by atoms with Gasteiger partial charge in [0.15, 0.2) is 0 Å². The van der Waals surface area contributed by atoms with Gasteiger partial charge in [0, 0.05) is 23.7 Å². The second-order valence-electron chi connectivity index (χ2n) is 7.03. The maximum absolute atomic E-state index is 13.0. The fourth-order valence-corrected chi connectivity index (χ4v) is 3.75. The molecule has 2 aromatic carbocycles. The van der Waals surface area contributed by atoms with Gasteiger partial charge in [-0.15, -0.1) is 0 Å². The Balaban J connectivity index is 2.47. The molecule has 27 heavy (non-hydrogen) atoms. The highest BCUT2D eigenvalue weighted by Gasteiger charge is 2.22. The first kappa shape index (κ1) is 18.8. The second kappa shape index (κ2) is 7.75. The zero-order valence-electron chi connectivity index (χ0n) is 16.2. The van der Waals surface area contributed by atoms with E-state index < -0.39 is 0 Å². The zero-order chi connectivity index (χ0) is 19.6. The lowest BCUT2D eigenvalue weighted by Gasteiger charge is -2.22. The molecular formula is C24H25NO2. The van der Waals surface area contributed by atoms with Gasteiger partial charge in [0.25, 0.3) is 5.56 Å². The number of hydrogen-bond donors (Lipinski definition) is 0. The Morgan fingerprint density at radius 1 is 1.11 bits per heavy atom. The number of carbonyl (C=O) groups excluding carboxylic acids is 1. The first-order valence-corrected chi connectivity index (χ1v) is 9.33. The van der Waals surface area contributed by atoms with E-state index in [1.807, 2.05) is 49.4 Å². The van der Waals surface area contributed by atoms with Crippen molar-refractivity contribution in [1.29, 1.82) is 0 Å². The van der Waals surface area contributed by atoms with E-state index in [4.69, 9.17) is 0 Å². The fourth-order valence-electron chi connectivity index (χ4n) is 3.75. The summed E-state index contributed by atoms with van der Waals surface area (Å²) in [6.45, 7) is 7.88. The van der Waals surface area contributed by atoms with Crippen LogP contribution in [0, 0.1) is 6.92 Å². The van der Waals surface area contributed by atoms with Gasteiger partial charge in [-0.25, -0.2) is 0 Å². The smallest absolute Gasteiger partial charge is 0.258 e. The van der Waals surface area contributed by atoms with E-state index in [1.54, 1.807) is 17.7 Å². The van der Waals surface area contributed by atoms with Crippen LogP contribution in [0.4, 0.5) is 0 Å². The molecule has 1 atom stereocenters. The molecule has 0 spiro atoms. The first-order valence-electron chi connectivity index (χ1n) is 9.33. The number of aryl methyl sites for hydroxylation is 1. The minimum absolute atomic E-state index is 0.0607. The Bertz CT molecular complexity index is 1060. The predicted octanol–water partition coefficient (Wildman–Crippen LogP) is 5.24. The summed E-state index contributed by atoms with van der Waals surface area (Å²) in [7, 11) is 1.77. The van der Waals surface area contributed by atoms with Gasteiger partial charge in [-0.3, -0.25) is 4.79 Å². The average molecular weight is 359 g/mol. The molecule has 3 aromatic rings. The molecule has 0 fully saturated rings. The third-order valence-corrected chi connectivity index (χ3v) is 5.15. The molecule has 0 radical (unpaired) electrons. The highest BCUT2D eigenvalue weighted by molar-refractivity contribution is 5.98. The Kier molecular flexibility index (Phi) is 5.41. The SMILES string of the molecule is C=Cc1ccc(-c2c(C(C=O)CCC)n(C)c(=O)c3ccc(C)cc23)cc1. The van der Waals surface area contributed by atoms with Gasteiger partial charge >= 0.3 is 0 Å². The minimum Gasteiger partial charge on any atom is -0.314 e. The van der Waals surface area contributed by atoms with E-state index in [0.29, 0.717) is 11.8 Å². The van der Waals surface area contributed by atoms with Crippen LogP contribution < -0.4 is 5.56 Å². The van der Waals surface area contributed by atoms with Crippen molar-refractivity contribution in [3.8, 4) is 11.1 Å². The second-order valence-corrected chi connectivity index (χ2v) is 7.03. The van der Waals surface area contributed by atoms with Crippen LogP contribution in [0.15, 0.2) is 53.8 Å². The Labute approximate surface area is 160 Å². The first-order chi connectivity index (χ1) is 13.0. The molecule has 3 heteroatoms. The normalized spacial score (nSPS) is 12.1. The fraction of sp³-hybridized carbons (Fsp3) is 0.250. The van der Waals surface area contributed by atoms with Crippen molar-refractivity contribution < 1.29 is 4.79 Å². The van der Waals surface area contributed by atoms with E-state index in [0.717, 1.165) is 46.0 Å². The van der Waals surface area contributed by atoms with E-state index >= 15 is 0 Å². The molecule has 0 aliphatic heterocycles. The molecule has 1 heterocycles. The van der Waals surface area contributed by atoms with E-state index in [9.17, 15) is 9.59 Å². The van der Waals surface area contributed by atoms with Crippen LogP contribution in [0.5, 0.6) is 0 Å². The van der Waals surface area contributed by atoms with Crippen LogP contribution >= 0.6 is 0 Å². The van der Waals surface area contributed by atoms with Crippen molar-refractivity contribution in [3.05, 3.63) is 76.2 Å². The molecule has 0 aliphatic carbocycles. The van der Waals surface area contributed by atoms with Crippen molar-refractivity contribution in [2.24, 2.45) is 7.05 Å². The molecule has 3 rings (SSSR count). The van der Waals surface area contributed by atoms with Gasteiger partial charge < -0.3 is 9.36 Å². The third kappa shape index (κ3) is 3.37. The molecule has 1 unspecified atom stereocenters. The molecule has 0 saturated carbocycles. The molecule has 0 bridgehead atoms. The Morgan fingerprint density at radius 3 is 2.41 bits per heavy atom. The number of carbonyl (C=O) groups is 1. The van der Waals surface area contributed by atoms with Crippen molar-refractivity contribution in [2.45, 2.75) is 32.6 Å². The van der Waals surface area contributed by atoms with Crippen LogP contribution in [0.1, 0.15) is 42.5 Å². The van der Waals surface area contributed by atoms with Gasteiger partial charge in [-0.05, 0) is 35.9 Å². The molecular weight excluding hydrogens is 334 g/mol. The maximum Gasteiger partial charge on any atom is 0.258 e. The summed E-state index contributed by atoms with van der Waals surface area (Å²) >= 11 is 0. The van der Waals surface area contributed by atoms with Crippen molar-refractivity contribution in [1.82, 2.24) is 4.57 Å².